The van der Waals surface area contributed by atoms with Gasteiger partial charge in [-0.2, -0.15) is 0 Å². The van der Waals surface area contributed by atoms with Crippen molar-refractivity contribution in [3.05, 3.63) is 65.2 Å². The number of benzene rings is 2. The summed E-state index contributed by atoms with van der Waals surface area (Å²) in [5, 5.41) is 5.99. The fourth-order valence-electron chi connectivity index (χ4n) is 4.19. The lowest BCUT2D eigenvalue weighted by molar-refractivity contribution is -0.125. The summed E-state index contributed by atoms with van der Waals surface area (Å²) in [6, 6.07) is 13.8. The van der Waals surface area contributed by atoms with Crippen molar-refractivity contribution in [3.63, 3.8) is 0 Å². The van der Waals surface area contributed by atoms with Crippen molar-refractivity contribution >= 4 is 17.7 Å². The summed E-state index contributed by atoms with van der Waals surface area (Å²) in [6.07, 6.45) is 2.04. The van der Waals surface area contributed by atoms with Crippen molar-refractivity contribution in [2.45, 2.75) is 52.1 Å². The highest BCUT2D eigenvalue weighted by atomic mass is 16.5. The van der Waals surface area contributed by atoms with Gasteiger partial charge >= 0.3 is 0 Å². The maximum Gasteiger partial charge on any atom is 0.257 e. The molecule has 1 heterocycles. The molecule has 2 aromatic carbocycles. The number of ether oxygens (including phenoxy) is 1. The van der Waals surface area contributed by atoms with Crippen LogP contribution in [0.4, 0.5) is 0 Å². The minimum absolute atomic E-state index is 0.0125. The third-order valence-electron chi connectivity index (χ3n) is 6.52. The number of hydrogen-bond acceptors (Lipinski definition) is 4. The highest BCUT2D eigenvalue weighted by molar-refractivity contribution is 5.98. The minimum Gasteiger partial charge on any atom is -0.496 e. The maximum absolute atomic E-state index is 13.1. The first-order valence-corrected chi connectivity index (χ1v) is 11.9. The quantitative estimate of drug-likeness (QED) is 0.624. The summed E-state index contributed by atoms with van der Waals surface area (Å²) in [5.41, 5.74) is 2.12. The number of carbonyl (C=O) groups excluding carboxylic acids is 3. The second-order valence-corrected chi connectivity index (χ2v) is 8.96. The Hall–Kier alpha value is -3.35. The van der Waals surface area contributed by atoms with Gasteiger partial charge in [0.1, 0.15) is 11.8 Å². The molecule has 182 valence electrons. The first-order valence-electron chi connectivity index (χ1n) is 11.9. The number of carbonyl (C=O) groups is 3. The summed E-state index contributed by atoms with van der Waals surface area (Å²) >= 11 is 0. The Bertz CT molecular complexity index is 997. The van der Waals surface area contributed by atoms with E-state index in [2.05, 4.69) is 10.6 Å². The molecule has 0 bridgehead atoms. The van der Waals surface area contributed by atoms with Crippen LogP contribution >= 0.6 is 0 Å². The van der Waals surface area contributed by atoms with Crippen molar-refractivity contribution in [1.29, 1.82) is 0 Å². The summed E-state index contributed by atoms with van der Waals surface area (Å²) in [5.74, 6) is -0.0488. The zero-order chi connectivity index (χ0) is 24.7. The highest BCUT2D eigenvalue weighted by Crippen LogP contribution is 2.26. The number of piperidine rings is 1. The van der Waals surface area contributed by atoms with E-state index in [9.17, 15) is 14.4 Å². The third-order valence-corrected chi connectivity index (χ3v) is 6.52. The van der Waals surface area contributed by atoms with Crippen LogP contribution in [-0.2, 0) is 4.79 Å². The number of hydrogen-bond donors (Lipinski definition) is 2. The second-order valence-electron chi connectivity index (χ2n) is 8.96. The van der Waals surface area contributed by atoms with E-state index < -0.39 is 6.04 Å². The first kappa shape index (κ1) is 25.3. The van der Waals surface area contributed by atoms with Crippen LogP contribution in [0.25, 0.3) is 0 Å². The first-order chi connectivity index (χ1) is 16.3. The lowest BCUT2D eigenvalue weighted by Gasteiger charge is -2.36. The van der Waals surface area contributed by atoms with Gasteiger partial charge in [-0.05, 0) is 63.3 Å². The van der Waals surface area contributed by atoms with Gasteiger partial charge < -0.3 is 20.3 Å². The summed E-state index contributed by atoms with van der Waals surface area (Å²) in [6.45, 7) is 6.94. The standard InChI is InChI=1S/C27H35N3O4/c1-5-19(3)28-26(32)24(29-25(31)21-12-10-18(2)11-13-21)20-14-16-30(17-15-20)27(33)22-8-6-7-9-23(22)34-4/h6-13,19-20,24H,5,14-17H2,1-4H3,(H,28,32)(H,29,31)/t19-,24+/m0/s1. The molecule has 3 amide bonds. The van der Waals surface area contributed by atoms with E-state index in [1.807, 2.05) is 45.0 Å². The van der Waals surface area contributed by atoms with Crippen LogP contribution in [0, 0.1) is 12.8 Å². The van der Waals surface area contributed by atoms with Crippen LogP contribution in [0.1, 0.15) is 59.4 Å². The van der Waals surface area contributed by atoms with E-state index in [0.29, 0.717) is 42.8 Å². The van der Waals surface area contributed by atoms with Gasteiger partial charge in [-0.15, -0.1) is 0 Å². The zero-order valence-corrected chi connectivity index (χ0v) is 20.5. The topological polar surface area (TPSA) is 87.7 Å². The van der Waals surface area contributed by atoms with Gasteiger partial charge in [0.15, 0.2) is 0 Å². The van der Waals surface area contributed by atoms with Crippen LogP contribution < -0.4 is 15.4 Å². The molecule has 7 heteroatoms. The summed E-state index contributed by atoms with van der Waals surface area (Å²) in [7, 11) is 1.55. The average molecular weight is 466 g/mol. The van der Waals surface area contributed by atoms with Gasteiger partial charge in [0, 0.05) is 24.7 Å². The van der Waals surface area contributed by atoms with Crippen molar-refractivity contribution < 1.29 is 19.1 Å². The molecule has 1 saturated heterocycles. The molecule has 0 aliphatic carbocycles. The van der Waals surface area contributed by atoms with Gasteiger partial charge in [0.05, 0.1) is 12.7 Å². The van der Waals surface area contributed by atoms with E-state index in [1.54, 1.807) is 36.3 Å². The molecule has 1 fully saturated rings. The molecule has 0 aromatic heterocycles. The summed E-state index contributed by atoms with van der Waals surface area (Å²) in [4.78, 5) is 40.9. The Labute approximate surface area is 201 Å². The number of likely N-dealkylation sites (tertiary alicyclic amines) is 1. The Kier molecular flexibility index (Phi) is 8.68. The predicted octanol–water partition coefficient (Wildman–Crippen LogP) is 3.57. The molecule has 0 saturated carbocycles. The molecule has 34 heavy (non-hydrogen) atoms. The Balaban J connectivity index is 1.71. The second kappa shape index (κ2) is 11.7. The molecule has 2 N–H and O–H groups in total. The molecule has 7 nitrogen and oxygen atoms in total. The molecule has 1 aliphatic heterocycles. The number of nitrogens with one attached hydrogen (secondary N) is 2. The van der Waals surface area contributed by atoms with Crippen LogP contribution in [0.2, 0.25) is 0 Å². The molecular formula is C27H35N3O4. The molecule has 1 aliphatic rings. The van der Waals surface area contributed by atoms with E-state index >= 15 is 0 Å². The number of methoxy groups -OCH3 is 1. The maximum atomic E-state index is 13.1. The lowest BCUT2D eigenvalue weighted by Crippen LogP contribution is -2.55. The van der Waals surface area contributed by atoms with Crippen LogP contribution in [0.3, 0.4) is 0 Å². The molecule has 0 radical (unpaired) electrons. The lowest BCUT2D eigenvalue weighted by atomic mass is 9.88. The molecule has 0 spiro atoms. The van der Waals surface area contributed by atoms with Crippen LogP contribution in [-0.4, -0.2) is 54.9 Å². The highest BCUT2D eigenvalue weighted by Gasteiger charge is 2.35. The normalized spacial score (nSPS) is 15.8. The van der Waals surface area contributed by atoms with E-state index in [0.717, 1.165) is 12.0 Å². The SMILES string of the molecule is CC[C@H](C)NC(=O)[C@H](NC(=O)c1ccc(C)cc1)C1CCN(C(=O)c2ccccc2OC)CC1. The van der Waals surface area contributed by atoms with Gasteiger partial charge in [0.25, 0.3) is 11.8 Å². The fourth-order valence-corrected chi connectivity index (χ4v) is 4.19. The number of nitrogens with zero attached hydrogens (tertiary/aromatic N) is 1. The van der Waals surface area contributed by atoms with Gasteiger partial charge in [-0.25, -0.2) is 0 Å². The largest absolute Gasteiger partial charge is 0.496 e. The third kappa shape index (κ3) is 6.16. The van der Waals surface area contributed by atoms with Gasteiger partial charge in [0.2, 0.25) is 5.91 Å². The van der Waals surface area contributed by atoms with Crippen molar-refractivity contribution in [2.75, 3.05) is 20.2 Å². The zero-order valence-electron chi connectivity index (χ0n) is 20.5. The van der Waals surface area contributed by atoms with Crippen LogP contribution in [0.15, 0.2) is 48.5 Å². The Morgan fingerprint density at radius 2 is 1.68 bits per heavy atom. The minimum atomic E-state index is -0.661. The molecule has 0 unspecified atom stereocenters. The molecule has 2 atom stereocenters. The molecule has 3 rings (SSSR count). The summed E-state index contributed by atoms with van der Waals surface area (Å²) < 4.78 is 5.34. The van der Waals surface area contributed by atoms with Crippen molar-refractivity contribution in [2.24, 2.45) is 5.92 Å². The number of aryl methyl sites for hydroxylation is 1. The van der Waals surface area contributed by atoms with E-state index in [4.69, 9.17) is 4.74 Å². The number of amides is 3. The Morgan fingerprint density at radius 3 is 2.29 bits per heavy atom. The molecule has 2 aromatic rings. The van der Waals surface area contributed by atoms with Crippen molar-refractivity contribution in [1.82, 2.24) is 15.5 Å². The number of para-hydroxylation sites is 1. The smallest absolute Gasteiger partial charge is 0.257 e. The van der Waals surface area contributed by atoms with E-state index in [-0.39, 0.29) is 29.7 Å². The monoisotopic (exact) mass is 465 g/mol. The van der Waals surface area contributed by atoms with Gasteiger partial charge in [-0.3, -0.25) is 14.4 Å². The van der Waals surface area contributed by atoms with Gasteiger partial charge in [-0.1, -0.05) is 36.8 Å². The predicted molar refractivity (Wildman–Crippen MR) is 132 cm³/mol. The van der Waals surface area contributed by atoms with E-state index in [1.165, 1.54) is 0 Å². The fraction of sp³-hybridized carbons (Fsp3) is 0.444. The molecular weight excluding hydrogens is 430 g/mol. The Morgan fingerprint density at radius 1 is 1.03 bits per heavy atom. The number of rotatable bonds is 8. The van der Waals surface area contributed by atoms with Crippen LogP contribution in [0.5, 0.6) is 5.75 Å². The average Bonchev–Trinajstić information content (AvgIpc) is 2.87. The van der Waals surface area contributed by atoms with Crippen molar-refractivity contribution in [3.8, 4) is 5.75 Å².